The molecule has 1 amide bonds. The molecule has 1 aliphatic rings. The third kappa shape index (κ3) is 3.13. The molecule has 2 rings (SSSR count). The molecule has 3 N–H and O–H groups in total. The van der Waals surface area contributed by atoms with Crippen molar-refractivity contribution in [3.8, 4) is 0 Å². The van der Waals surface area contributed by atoms with Crippen molar-refractivity contribution in [1.82, 2.24) is 9.88 Å². The van der Waals surface area contributed by atoms with Crippen LogP contribution in [0.1, 0.15) is 31.2 Å². The van der Waals surface area contributed by atoms with Crippen LogP contribution in [0, 0.1) is 11.8 Å². The molecule has 2 atom stereocenters. The maximum atomic E-state index is 12.2. The second kappa shape index (κ2) is 6.05. The normalized spacial score (nSPS) is 23.9. The van der Waals surface area contributed by atoms with E-state index in [9.17, 15) is 4.79 Å². The zero-order valence-electron chi connectivity index (χ0n) is 11.1. The van der Waals surface area contributed by atoms with Crippen molar-refractivity contribution in [3.05, 3.63) is 24.0 Å². The maximum absolute atomic E-state index is 12.2. The Morgan fingerprint density at radius 1 is 1.50 bits per heavy atom. The Balaban J connectivity index is 1.86. The minimum Gasteiger partial charge on any atom is -0.357 e. The molecule has 1 saturated carbocycles. The van der Waals surface area contributed by atoms with Crippen LogP contribution in [0.5, 0.6) is 0 Å². The number of carbonyl (C=O) groups is 1. The van der Waals surface area contributed by atoms with Crippen LogP contribution in [-0.4, -0.2) is 17.0 Å². The highest BCUT2D eigenvalue weighted by molar-refractivity contribution is 5.79. The first kappa shape index (κ1) is 13.1. The number of amides is 1. The monoisotopic (exact) mass is 249 g/mol. The lowest BCUT2D eigenvalue weighted by Crippen LogP contribution is -2.39. The average molecular weight is 249 g/mol. The fourth-order valence-corrected chi connectivity index (χ4v) is 2.82. The summed E-state index contributed by atoms with van der Waals surface area (Å²) >= 11 is 0. The quantitative estimate of drug-likeness (QED) is 0.847. The Kier molecular flexibility index (Phi) is 4.42. The third-order valence-electron chi connectivity index (χ3n) is 3.91. The molecule has 0 radical (unpaired) electrons. The minimum atomic E-state index is 0.118. The molecule has 100 valence electrons. The molecule has 1 aliphatic carbocycles. The van der Waals surface area contributed by atoms with Crippen molar-refractivity contribution in [3.63, 3.8) is 0 Å². The summed E-state index contributed by atoms with van der Waals surface area (Å²) in [6.45, 7) is 1.25. The van der Waals surface area contributed by atoms with Crippen molar-refractivity contribution >= 4 is 5.91 Å². The van der Waals surface area contributed by atoms with Gasteiger partial charge in [-0.25, -0.2) is 0 Å². The van der Waals surface area contributed by atoms with Gasteiger partial charge >= 0.3 is 0 Å². The van der Waals surface area contributed by atoms with Gasteiger partial charge in [-0.15, -0.1) is 0 Å². The highest BCUT2D eigenvalue weighted by atomic mass is 16.1. The van der Waals surface area contributed by atoms with Gasteiger partial charge in [0, 0.05) is 31.9 Å². The van der Waals surface area contributed by atoms with Crippen LogP contribution in [0.15, 0.2) is 18.5 Å². The second-order valence-electron chi connectivity index (χ2n) is 5.29. The summed E-state index contributed by atoms with van der Waals surface area (Å²) in [7, 11) is 1.98. The SMILES string of the molecule is Cn1ccc(CNC(=O)C2CCCCC2CN)c1. The average Bonchev–Trinajstić information content (AvgIpc) is 2.81. The molecule has 0 bridgehead atoms. The first-order chi connectivity index (χ1) is 8.70. The number of hydrogen-bond acceptors (Lipinski definition) is 2. The van der Waals surface area contributed by atoms with E-state index in [0.29, 0.717) is 19.0 Å². The summed E-state index contributed by atoms with van der Waals surface area (Å²) in [6, 6.07) is 2.03. The number of hydrogen-bond donors (Lipinski definition) is 2. The Labute approximate surface area is 109 Å². The van der Waals surface area contributed by atoms with Gasteiger partial charge in [0.15, 0.2) is 0 Å². The Bertz CT molecular complexity index is 399. The molecule has 4 nitrogen and oxygen atoms in total. The minimum absolute atomic E-state index is 0.118. The lowest BCUT2D eigenvalue weighted by atomic mass is 9.79. The van der Waals surface area contributed by atoms with Crippen LogP contribution in [0.4, 0.5) is 0 Å². The van der Waals surface area contributed by atoms with Gasteiger partial charge in [0.25, 0.3) is 0 Å². The zero-order valence-corrected chi connectivity index (χ0v) is 11.1. The molecule has 1 heterocycles. The third-order valence-corrected chi connectivity index (χ3v) is 3.91. The molecule has 0 aliphatic heterocycles. The van der Waals surface area contributed by atoms with E-state index in [1.807, 2.05) is 30.1 Å². The first-order valence-electron chi connectivity index (χ1n) is 6.79. The predicted molar refractivity (Wildman–Crippen MR) is 71.8 cm³/mol. The van der Waals surface area contributed by atoms with Crippen LogP contribution in [0.2, 0.25) is 0 Å². The fourth-order valence-electron chi connectivity index (χ4n) is 2.82. The van der Waals surface area contributed by atoms with Crippen LogP contribution in [0.25, 0.3) is 0 Å². The van der Waals surface area contributed by atoms with Gasteiger partial charge in [0.1, 0.15) is 0 Å². The van der Waals surface area contributed by atoms with Gasteiger partial charge in [-0.1, -0.05) is 12.8 Å². The van der Waals surface area contributed by atoms with Crippen LogP contribution >= 0.6 is 0 Å². The zero-order chi connectivity index (χ0) is 13.0. The molecule has 0 spiro atoms. The molecule has 1 aromatic heterocycles. The van der Waals surface area contributed by atoms with Gasteiger partial charge < -0.3 is 15.6 Å². The van der Waals surface area contributed by atoms with Crippen LogP contribution in [0.3, 0.4) is 0 Å². The van der Waals surface area contributed by atoms with Crippen LogP contribution < -0.4 is 11.1 Å². The summed E-state index contributed by atoms with van der Waals surface area (Å²) in [6.07, 6.45) is 8.47. The maximum Gasteiger partial charge on any atom is 0.223 e. The molecule has 1 aromatic rings. The lowest BCUT2D eigenvalue weighted by Gasteiger charge is -2.29. The van der Waals surface area contributed by atoms with E-state index in [1.165, 1.54) is 6.42 Å². The van der Waals surface area contributed by atoms with Crippen molar-refractivity contribution < 1.29 is 4.79 Å². The Morgan fingerprint density at radius 2 is 2.28 bits per heavy atom. The van der Waals surface area contributed by atoms with E-state index >= 15 is 0 Å². The molecular weight excluding hydrogens is 226 g/mol. The van der Waals surface area contributed by atoms with Crippen molar-refractivity contribution in [1.29, 1.82) is 0 Å². The van der Waals surface area contributed by atoms with Gasteiger partial charge in [-0.2, -0.15) is 0 Å². The van der Waals surface area contributed by atoms with Crippen molar-refractivity contribution in [2.24, 2.45) is 24.6 Å². The predicted octanol–water partition coefficient (Wildman–Crippen LogP) is 1.41. The van der Waals surface area contributed by atoms with Gasteiger partial charge in [0.05, 0.1) is 0 Å². The topological polar surface area (TPSA) is 60.0 Å². The van der Waals surface area contributed by atoms with Gasteiger partial charge in [-0.3, -0.25) is 4.79 Å². The summed E-state index contributed by atoms with van der Waals surface area (Å²) in [4.78, 5) is 12.2. The molecule has 1 fully saturated rings. The number of rotatable bonds is 4. The van der Waals surface area contributed by atoms with E-state index in [2.05, 4.69) is 5.32 Å². The van der Waals surface area contributed by atoms with E-state index in [1.54, 1.807) is 0 Å². The Morgan fingerprint density at radius 3 is 2.94 bits per heavy atom. The molecule has 4 heteroatoms. The number of aryl methyl sites for hydroxylation is 1. The lowest BCUT2D eigenvalue weighted by molar-refractivity contribution is -0.127. The van der Waals surface area contributed by atoms with Gasteiger partial charge in [0.2, 0.25) is 5.91 Å². The summed E-state index contributed by atoms with van der Waals surface area (Å²) in [5.41, 5.74) is 6.90. The number of nitrogens with one attached hydrogen (secondary N) is 1. The van der Waals surface area contributed by atoms with E-state index in [-0.39, 0.29) is 11.8 Å². The van der Waals surface area contributed by atoms with E-state index in [0.717, 1.165) is 24.8 Å². The summed E-state index contributed by atoms with van der Waals surface area (Å²) < 4.78 is 1.99. The highest BCUT2D eigenvalue weighted by Gasteiger charge is 2.29. The highest BCUT2D eigenvalue weighted by Crippen LogP contribution is 2.29. The molecule has 0 aromatic carbocycles. The first-order valence-corrected chi connectivity index (χ1v) is 6.79. The fraction of sp³-hybridized carbons (Fsp3) is 0.643. The number of aromatic nitrogens is 1. The molecular formula is C14H23N3O. The van der Waals surface area contributed by atoms with Crippen LogP contribution in [-0.2, 0) is 18.4 Å². The molecule has 18 heavy (non-hydrogen) atoms. The summed E-state index contributed by atoms with van der Waals surface area (Å²) in [5, 5.41) is 3.04. The van der Waals surface area contributed by atoms with Crippen molar-refractivity contribution in [2.75, 3.05) is 6.54 Å². The van der Waals surface area contributed by atoms with E-state index < -0.39 is 0 Å². The number of carbonyl (C=O) groups excluding carboxylic acids is 1. The summed E-state index contributed by atoms with van der Waals surface area (Å²) in [5.74, 6) is 0.663. The smallest absolute Gasteiger partial charge is 0.223 e. The standard InChI is InChI=1S/C14H23N3O/c1-17-7-6-11(10-17)9-16-14(18)13-5-3-2-4-12(13)8-15/h6-7,10,12-13H,2-5,8-9,15H2,1H3,(H,16,18). The Hall–Kier alpha value is -1.29. The van der Waals surface area contributed by atoms with Crippen molar-refractivity contribution in [2.45, 2.75) is 32.2 Å². The molecule has 0 saturated heterocycles. The second-order valence-corrected chi connectivity index (χ2v) is 5.29. The van der Waals surface area contributed by atoms with Gasteiger partial charge in [-0.05, 0) is 36.9 Å². The number of nitrogens with zero attached hydrogens (tertiary/aromatic N) is 1. The largest absolute Gasteiger partial charge is 0.357 e. The number of nitrogens with two attached hydrogens (primary N) is 1. The van der Waals surface area contributed by atoms with E-state index in [4.69, 9.17) is 5.73 Å². The molecule has 2 unspecified atom stereocenters.